The van der Waals surface area contributed by atoms with Crippen LogP contribution in [0.3, 0.4) is 0 Å². The van der Waals surface area contributed by atoms with Gasteiger partial charge in [0.25, 0.3) is 5.91 Å². The van der Waals surface area contributed by atoms with E-state index in [2.05, 4.69) is 20.3 Å². The third-order valence-electron chi connectivity index (χ3n) is 5.56. The Kier molecular flexibility index (Phi) is 6.09. The summed E-state index contributed by atoms with van der Waals surface area (Å²) in [7, 11) is 0. The number of nitrogens with one attached hydrogen (secondary N) is 1. The number of hydrogen-bond acceptors (Lipinski definition) is 7. The zero-order valence-electron chi connectivity index (χ0n) is 18.1. The van der Waals surface area contributed by atoms with Gasteiger partial charge in [0.1, 0.15) is 24.0 Å². The number of pyridine rings is 1. The van der Waals surface area contributed by atoms with Gasteiger partial charge in [-0.1, -0.05) is 29.8 Å². The van der Waals surface area contributed by atoms with Crippen molar-refractivity contribution in [3.8, 4) is 5.69 Å². The molecule has 0 bridgehead atoms. The van der Waals surface area contributed by atoms with Crippen LogP contribution in [0.15, 0.2) is 61.2 Å². The lowest BCUT2D eigenvalue weighted by atomic mass is 10.1. The molecule has 0 radical (unpaired) electrons. The number of amides is 1. The fourth-order valence-corrected chi connectivity index (χ4v) is 4.13. The number of fused-ring (bicyclic) bond motifs is 1. The van der Waals surface area contributed by atoms with Crippen LogP contribution in [0.25, 0.3) is 16.6 Å². The van der Waals surface area contributed by atoms with Crippen molar-refractivity contribution in [3.63, 3.8) is 0 Å². The van der Waals surface area contributed by atoms with Crippen molar-refractivity contribution in [1.29, 1.82) is 0 Å². The highest BCUT2D eigenvalue weighted by Gasteiger charge is 2.23. The molecule has 3 heterocycles. The molecule has 1 amide bonds. The molecule has 1 saturated heterocycles. The second kappa shape index (κ2) is 9.48. The summed E-state index contributed by atoms with van der Waals surface area (Å²) in [5.41, 5.74) is 2.15. The molecule has 1 N–H and O–H groups in total. The van der Waals surface area contributed by atoms with Gasteiger partial charge >= 0.3 is 5.97 Å². The lowest BCUT2D eigenvalue weighted by Crippen LogP contribution is -2.25. The average molecular weight is 477 g/mol. The topological polar surface area (TPSA) is 102 Å². The van der Waals surface area contributed by atoms with Gasteiger partial charge in [0.2, 0.25) is 0 Å². The van der Waals surface area contributed by atoms with E-state index in [1.807, 2.05) is 24.3 Å². The molecule has 2 aromatic heterocycles. The smallest absolute Gasteiger partial charge is 0.342 e. The quantitative estimate of drug-likeness (QED) is 0.421. The van der Waals surface area contributed by atoms with Gasteiger partial charge in [0.05, 0.1) is 16.9 Å². The third-order valence-corrected chi connectivity index (χ3v) is 5.80. The molecule has 0 atom stereocenters. The molecular weight excluding hydrogens is 456 g/mol. The molecule has 4 aromatic rings. The van der Waals surface area contributed by atoms with E-state index in [9.17, 15) is 9.59 Å². The number of aromatic nitrogens is 4. The fraction of sp³-hybridized carbons (Fsp3) is 0.208. The predicted molar refractivity (Wildman–Crippen MR) is 128 cm³/mol. The van der Waals surface area contributed by atoms with E-state index in [1.165, 1.54) is 17.3 Å². The number of carbonyl (C=O) groups is 2. The summed E-state index contributed by atoms with van der Waals surface area (Å²) in [5, 5.41) is 8.09. The molecule has 172 valence electrons. The second-order valence-corrected chi connectivity index (χ2v) is 8.31. The maximum Gasteiger partial charge on any atom is 0.342 e. The molecule has 9 nitrogen and oxygen atoms in total. The van der Waals surface area contributed by atoms with E-state index in [4.69, 9.17) is 21.3 Å². The van der Waals surface area contributed by atoms with E-state index < -0.39 is 18.5 Å². The van der Waals surface area contributed by atoms with Crippen LogP contribution >= 0.6 is 11.6 Å². The summed E-state index contributed by atoms with van der Waals surface area (Å²) in [6.07, 6.45) is 4.97. The Morgan fingerprint density at radius 1 is 1.09 bits per heavy atom. The Hall–Kier alpha value is -3.98. The highest BCUT2D eigenvalue weighted by atomic mass is 35.5. The first-order valence-corrected chi connectivity index (χ1v) is 11.2. The molecule has 34 heavy (non-hydrogen) atoms. The van der Waals surface area contributed by atoms with Crippen molar-refractivity contribution in [1.82, 2.24) is 19.7 Å². The number of ether oxygens (including phenoxy) is 1. The van der Waals surface area contributed by atoms with Crippen LogP contribution in [0.5, 0.6) is 0 Å². The molecule has 2 aromatic carbocycles. The fourth-order valence-electron chi connectivity index (χ4n) is 3.96. The first kappa shape index (κ1) is 21.8. The van der Waals surface area contributed by atoms with Gasteiger partial charge in [-0.05, 0) is 43.2 Å². The van der Waals surface area contributed by atoms with Gasteiger partial charge in [-0.2, -0.15) is 5.10 Å². The molecule has 5 rings (SSSR count). The number of halogens is 1. The predicted octanol–water partition coefficient (Wildman–Crippen LogP) is 3.86. The Morgan fingerprint density at radius 3 is 2.71 bits per heavy atom. The summed E-state index contributed by atoms with van der Waals surface area (Å²) < 4.78 is 6.89. The lowest BCUT2D eigenvalue weighted by Gasteiger charge is -2.20. The zero-order chi connectivity index (χ0) is 23.5. The summed E-state index contributed by atoms with van der Waals surface area (Å²) in [6.45, 7) is 1.19. The van der Waals surface area contributed by atoms with E-state index in [-0.39, 0.29) is 0 Å². The van der Waals surface area contributed by atoms with Crippen molar-refractivity contribution >= 4 is 45.9 Å². The maximum absolute atomic E-state index is 13.0. The molecule has 0 aliphatic carbocycles. The summed E-state index contributed by atoms with van der Waals surface area (Å²) >= 11 is 6.10. The van der Waals surface area contributed by atoms with E-state index in [0.717, 1.165) is 36.8 Å². The van der Waals surface area contributed by atoms with Crippen LogP contribution in [0.2, 0.25) is 5.02 Å². The molecule has 1 aliphatic heterocycles. The molecule has 1 aliphatic rings. The van der Waals surface area contributed by atoms with Crippen molar-refractivity contribution < 1.29 is 14.3 Å². The molecule has 10 heteroatoms. The van der Waals surface area contributed by atoms with E-state index >= 15 is 0 Å². The summed E-state index contributed by atoms with van der Waals surface area (Å²) in [5.74, 6) is -0.517. The van der Waals surface area contributed by atoms with Crippen molar-refractivity contribution in [3.05, 3.63) is 71.8 Å². The maximum atomic E-state index is 13.0. The van der Waals surface area contributed by atoms with Gasteiger partial charge in [-0.25, -0.2) is 19.4 Å². The van der Waals surface area contributed by atoms with Crippen molar-refractivity contribution in [2.45, 2.75) is 12.8 Å². The van der Waals surface area contributed by atoms with Gasteiger partial charge in [-0.15, -0.1) is 0 Å². The zero-order valence-corrected chi connectivity index (χ0v) is 18.9. The molecular formula is C24H21ClN6O3. The molecule has 0 spiro atoms. The van der Waals surface area contributed by atoms with Gasteiger partial charge in [0, 0.05) is 23.5 Å². The molecule has 0 unspecified atom stereocenters. The monoisotopic (exact) mass is 476 g/mol. The Bertz CT molecular complexity index is 1350. The normalized spacial score (nSPS) is 13.3. The third kappa shape index (κ3) is 4.55. The van der Waals surface area contributed by atoms with Gasteiger partial charge in [0.15, 0.2) is 6.61 Å². The Labute approximate surface area is 200 Å². The number of hydrogen-bond donors (Lipinski definition) is 1. The summed E-state index contributed by atoms with van der Waals surface area (Å²) in [6, 6.07) is 14.4. The highest BCUT2D eigenvalue weighted by molar-refractivity contribution is 6.31. The minimum Gasteiger partial charge on any atom is -0.452 e. The Balaban J connectivity index is 1.34. The van der Waals surface area contributed by atoms with Crippen molar-refractivity contribution in [2.24, 2.45) is 0 Å². The number of esters is 1. The minimum absolute atomic E-state index is 0.347. The number of para-hydroxylation sites is 1. The van der Waals surface area contributed by atoms with Crippen LogP contribution in [0.4, 0.5) is 11.5 Å². The van der Waals surface area contributed by atoms with Crippen molar-refractivity contribution in [2.75, 3.05) is 29.9 Å². The Morgan fingerprint density at radius 2 is 1.91 bits per heavy atom. The minimum atomic E-state index is -0.599. The number of carbonyl (C=O) groups excluding carboxylic acids is 2. The number of anilines is 2. The SMILES string of the molecule is O=C(COC(=O)c1cc2ccccc2nc1N1CCCC1)Nc1cc(Cl)ccc1-n1cncn1. The van der Waals surface area contributed by atoms with Gasteiger partial charge < -0.3 is 15.0 Å². The lowest BCUT2D eigenvalue weighted by molar-refractivity contribution is -0.119. The van der Waals surface area contributed by atoms with Crippen LogP contribution in [-0.2, 0) is 9.53 Å². The average Bonchev–Trinajstić information content (AvgIpc) is 3.56. The van der Waals surface area contributed by atoms with E-state index in [1.54, 1.807) is 24.3 Å². The van der Waals surface area contributed by atoms with E-state index in [0.29, 0.717) is 27.8 Å². The highest BCUT2D eigenvalue weighted by Crippen LogP contribution is 2.27. The molecule has 0 saturated carbocycles. The second-order valence-electron chi connectivity index (χ2n) is 7.87. The van der Waals surface area contributed by atoms with Crippen LogP contribution in [0, 0.1) is 0 Å². The van der Waals surface area contributed by atoms with Gasteiger partial charge in [-0.3, -0.25) is 4.79 Å². The van der Waals surface area contributed by atoms with Crippen LogP contribution in [0.1, 0.15) is 23.2 Å². The largest absolute Gasteiger partial charge is 0.452 e. The first-order chi connectivity index (χ1) is 16.6. The molecule has 1 fully saturated rings. The number of benzene rings is 2. The number of nitrogens with zero attached hydrogens (tertiary/aromatic N) is 5. The van der Waals surface area contributed by atoms with Crippen LogP contribution < -0.4 is 10.2 Å². The summed E-state index contributed by atoms with van der Waals surface area (Å²) in [4.78, 5) is 36.4. The number of rotatable bonds is 6. The first-order valence-electron chi connectivity index (χ1n) is 10.8. The standard InChI is InChI=1S/C24H21ClN6O3/c25-17-7-8-21(31-15-26-14-27-31)20(12-17)28-22(32)13-34-24(33)18-11-16-5-1-2-6-19(16)29-23(18)30-9-3-4-10-30/h1-2,5-8,11-12,14-15H,3-4,9-10,13H2,(H,28,32). The van der Waals surface area contributed by atoms with Crippen LogP contribution in [-0.4, -0.2) is 51.3 Å².